The number of carbonyl (C=O) groups is 1. The molecule has 0 bridgehead atoms. The first-order valence-corrected chi connectivity index (χ1v) is 10.3. The zero-order chi connectivity index (χ0) is 18.4. The second-order valence-electron chi connectivity index (χ2n) is 6.27. The van der Waals surface area contributed by atoms with Crippen LogP contribution in [-0.2, 0) is 5.75 Å². The van der Waals surface area contributed by atoms with Gasteiger partial charge in [-0.3, -0.25) is 4.79 Å². The van der Waals surface area contributed by atoms with E-state index < -0.39 is 0 Å². The van der Waals surface area contributed by atoms with Gasteiger partial charge < -0.3 is 10.2 Å². The monoisotopic (exact) mass is 390 g/mol. The number of anilines is 1. The number of aromatic nitrogens is 2. The molecule has 1 aromatic carbocycles. The van der Waals surface area contributed by atoms with Crippen LogP contribution in [0.2, 0.25) is 5.15 Å². The first kappa shape index (κ1) is 19.0. The predicted octanol–water partition coefficient (Wildman–Crippen LogP) is 4.16. The van der Waals surface area contributed by atoms with E-state index in [1.165, 1.54) is 12.8 Å². The Morgan fingerprint density at radius 3 is 2.65 bits per heavy atom. The van der Waals surface area contributed by atoms with E-state index in [9.17, 15) is 4.79 Å². The SMILES string of the molecule is CCCNC(=O)c1ccc(CSc2nc(Cl)cc(N3CCCC3)n2)cc1. The molecule has 1 fully saturated rings. The number of hydrogen-bond donors (Lipinski definition) is 1. The van der Waals surface area contributed by atoms with Gasteiger partial charge in [-0.25, -0.2) is 9.97 Å². The molecule has 3 rings (SSSR count). The number of rotatable bonds is 7. The third kappa shape index (κ3) is 5.11. The normalized spacial score (nSPS) is 13.8. The fourth-order valence-electron chi connectivity index (χ4n) is 2.80. The van der Waals surface area contributed by atoms with Gasteiger partial charge in [0.15, 0.2) is 5.16 Å². The van der Waals surface area contributed by atoms with Crippen molar-refractivity contribution in [3.8, 4) is 0 Å². The molecule has 138 valence electrons. The molecule has 0 spiro atoms. The maximum absolute atomic E-state index is 11.9. The van der Waals surface area contributed by atoms with Crippen molar-refractivity contribution in [1.29, 1.82) is 0 Å². The van der Waals surface area contributed by atoms with Gasteiger partial charge in [0.25, 0.3) is 5.91 Å². The van der Waals surface area contributed by atoms with Gasteiger partial charge >= 0.3 is 0 Å². The minimum Gasteiger partial charge on any atom is -0.356 e. The van der Waals surface area contributed by atoms with E-state index in [-0.39, 0.29) is 5.91 Å². The lowest BCUT2D eigenvalue weighted by Gasteiger charge is -2.16. The molecule has 1 aromatic heterocycles. The Labute approximate surface area is 163 Å². The molecule has 0 radical (unpaired) electrons. The van der Waals surface area contributed by atoms with Crippen molar-refractivity contribution in [2.45, 2.75) is 37.1 Å². The van der Waals surface area contributed by atoms with Gasteiger partial charge in [-0.1, -0.05) is 42.4 Å². The van der Waals surface area contributed by atoms with E-state index in [4.69, 9.17) is 11.6 Å². The molecule has 7 heteroatoms. The lowest BCUT2D eigenvalue weighted by molar-refractivity contribution is 0.0953. The van der Waals surface area contributed by atoms with E-state index in [1.807, 2.05) is 37.3 Å². The summed E-state index contributed by atoms with van der Waals surface area (Å²) in [6, 6.07) is 9.49. The molecule has 5 nitrogen and oxygen atoms in total. The van der Waals surface area contributed by atoms with Crippen molar-refractivity contribution in [1.82, 2.24) is 15.3 Å². The van der Waals surface area contributed by atoms with Gasteiger partial charge in [0, 0.05) is 37.0 Å². The van der Waals surface area contributed by atoms with Crippen molar-refractivity contribution in [3.05, 3.63) is 46.6 Å². The Balaban J connectivity index is 1.61. The zero-order valence-electron chi connectivity index (χ0n) is 14.9. The first-order valence-electron chi connectivity index (χ1n) is 8.95. The second kappa shape index (κ2) is 9.24. The van der Waals surface area contributed by atoms with Gasteiger partial charge in [-0.2, -0.15) is 0 Å². The summed E-state index contributed by atoms with van der Waals surface area (Å²) in [4.78, 5) is 23.2. The molecule has 0 atom stereocenters. The number of carbonyl (C=O) groups excluding carboxylic acids is 1. The highest BCUT2D eigenvalue weighted by Gasteiger charge is 2.15. The van der Waals surface area contributed by atoms with Crippen LogP contribution in [-0.4, -0.2) is 35.5 Å². The maximum Gasteiger partial charge on any atom is 0.251 e. The molecule has 2 heterocycles. The molecule has 1 saturated heterocycles. The molecule has 26 heavy (non-hydrogen) atoms. The van der Waals surface area contributed by atoms with Crippen LogP contribution in [0.15, 0.2) is 35.5 Å². The van der Waals surface area contributed by atoms with Crippen LogP contribution in [0.5, 0.6) is 0 Å². The number of nitrogens with one attached hydrogen (secondary N) is 1. The van der Waals surface area contributed by atoms with Gasteiger partial charge in [0.1, 0.15) is 11.0 Å². The van der Waals surface area contributed by atoms with Gasteiger partial charge in [-0.15, -0.1) is 0 Å². The lowest BCUT2D eigenvalue weighted by Crippen LogP contribution is -2.23. The second-order valence-corrected chi connectivity index (χ2v) is 7.60. The summed E-state index contributed by atoms with van der Waals surface area (Å²) in [5, 5.41) is 4.05. The van der Waals surface area contributed by atoms with Crippen LogP contribution >= 0.6 is 23.4 Å². The minimum atomic E-state index is -0.0283. The topological polar surface area (TPSA) is 58.1 Å². The molecular formula is C19H23ClN4OS. The Hall–Kier alpha value is -1.79. The van der Waals surface area contributed by atoms with Gasteiger partial charge in [-0.05, 0) is 37.0 Å². The van der Waals surface area contributed by atoms with Crippen LogP contribution in [0, 0.1) is 0 Å². The summed E-state index contributed by atoms with van der Waals surface area (Å²) in [5.41, 5.74) is 1.80. The van der Waals surface area contributed by atoms with Gasteiger partial charge in [0.05, 0.1) is 0 Å². The number of hydrogen-bond acceptors (Lipinski definition) is 5. The third-order valence-corrected chi connectivity index (χ3v) is 5.32. The smallest absolute Gasteiger partial charge is 0.251 e. The van der Waals surface area contributed by atoms with Crippen LogP contribution in [0.1, 0.15) is 42.1 Å². The van der Waals surface area contributed by atoms with Crippen molar-refractivity contribution in [2.75, 3.05) is 24.5 Å². The van der Waals surface area contributed by atoms with E-state index in [1.54, 1.807) is 11.8 Å². The molecule has 0 unspecified atom stereocenters. The lowest BCUT2D eigenvalue weighted by atomic mass is 10.1. The molecule has 0 saturated carbocycles. The zero-order valence-corrected chi connectivity index (χ0v) is 16.4. The van der Waals surface area contributed by atoms with Crippen molar-refractivity contribution >= 4 is 35.1 Å². The molecule has 1 N–H and O–H groups in total. The maximum atomic E-state index is 11.9. The number of nitrogens with zero attached hydrogens (tertiary/aromatic N) is 3. The van der Waals surface area contributed by atoms with Crippen molar-refractivity contribution in [2.24, 2.45) is 0 Å². The predicted molar refractivity (Wildman–Crippen MR) is 107 cm³/mol. The summed E-state index contributed by atoms with van der Waals surface area (Å²) in [5.74, 6) is 1.61. The Morgan fingerprint density at radius 2 is 1.96 bits per heavy atom. The quantitative estimate of drug-likeness (QED) is 0.437. The molecule has 1 aliphatic rings. The van der Waals surface area contributed by atoms with Gasteiger partial charge in [0.2, 0.25) is 0 Å². The average Bonchev–Trinajstić information content (AvgIpc) is 3.19. The van der Waals surface area contributed by atoms with Crippen molar-refractivity contribution in [3.63, 3.8) is 0 Å². The Kier molecular flexibility index (Phi) is 6.74. The van der Waals surface area contributed by atoms with Crippen molar-refractivity contribution < 1.29 is 4.79 Å². The summed E-state index contributed by atoms with van der Waals surface area (Å²) >= 11 is 7.73. The third-order valence-electron chi connectivity index (χ3n) is 4.21. The average molecular weight is 391 g/mol. The highest BCUT2D eigenvalue weighted by molar-refractivity contribution is 7.98. The van der Waals surface area contributed by atoms with E-state index in [0.717, 1.165) is 36.6 Å². The number of amides is 1. The fourth-order valence-corrected chi connectivity index (χ4v) is 3.84. The van der Waals surface area contributed by atoms with E-state index in [2.05, 4.69) is 20.2 Å². The summed E-state index contributed by atoms with van der Waals surface area (Å²) in [7, 11) is 0. The number of halogens is 1. The summed E-state index contributed by atoms with van der Waals surface area (Å²) in [6.45, 7) is 4.79. The highest BCUT2D eigenvalue weighted by Crippen LogP contribution is 2.26. The van der Waals surface area contributed by atoms with E-state index in [0.29, 0.717) is 22.4 Å². The molecular weight excluding hydrogens is 368 g/mol. The standard InChI is InChI=1S/C19H23ClN4OS/c1-2-9-21-18(25)15-7-5-14(6-8-15)13-26-19-22-16(20)12-17(23-19)24-10-3-4-11-24/h5-8,12H,2-4,9-11,13H2,1H3,(H,21,25). The molecule has 0 aliphatic carbocycles. The van der Waals surface area contributed by atoms with Crippen LogP contribution in [0.25, 0.3) is 0 Å². The van der Waals surface area contributed by atoms with E-state index >= 15 is 0 Å². The molecule has 1 aliphatic heterocycles. The molecule has 1 amide bonds. The summed E-state index contributed by atoms with van der Waals surface area (Å²) in [6.07, 6.45) is 3.32. The minimum absolute atomic E-state index is 0.0283. The number of benzene rings is 1. The largest absolute Gasteiger partial charge is 0.356 e. The Bertz CT molecular complexity index is 748. The highest BCUT2D eigenvalue weighted by atomic mass is 35.5. The first-order chi connectivity index (χ1) is 12.7. The van der Waals surface area contributed by atoms with Crippen LogP contribution < -0.4 is 10.2 Å². The summed E-state index contributed by atoms with van der Waals surface area (Å²) < 4.78 is 0. The van der Waals surface area contributed by atoms with Crippen LogP contribution in [0.4, 0.5) is 5.82 Å². The molecule has 2 aromatic rings. The fraction of sp³-hybridized carbons (Fsp3) is 0.421. The Morgan fingerprint density at radius 1 is 1.23 bits per heavy atom. The number of thioether (sulfide) groups is 1. The van der Waals surface area contributed by atoms with Crippen LogP contribution in [0.3, 0.4) is 0 Å².